The summed E-state index contributed by atoms with van der Waals surface area (Å²) < 4.78 is 10.2. The van der Waals surface area contributed by atoms with Crippen molar-refractivity contribution in [3.05, 3.63) is 51.8 Å². The normalized spacial score (nSPS) is 13.9. The standard InChI is InChI=1S/C19H22ClNO4/c1-5-24-18(22)15-10-14(21-12(3)8-7-9-13(21)4)11-16(17(15)20)19(23)25-6-2/h8-11H,5-7H2,1-4H3. The smallest absolute Gasteiger partial charge is 0.339 e. The lowest BCUT2D eigenvalue weighted by Crippen LogP contribution is -2.22. The average molecular weight is 364 g/mol. The summed E-state index contributed by atoms with van der Waals surface area (Å²) in [4.78, 5) is 26.5. The van der Waals surface area contributed by atoms with E-state index >= 15 is 0 Å². The number of ether oxygens (including phenoxy) is 2. The molecule has 0 aromatic heterocycles. The third-order valence-corrected chi connectivity index (χ3v) is 4.25. The molecule has 0 fully saturated rings. The van der Waals surface area contributed by atoms with Crippen LogP contribution in [0.5, 0.6) is 0 Å². The van der Waals surface area contributed by atoms with E-state index in [9.17, 15) is 9.59 Å². The lowest BCUT2D eigenvalue weighted by Gasteiger charge is -2.30. The number of allylic oxidation sites excluding steroid dienone is 4. The molecule has 0 radical (unpaired) electrons. The first-order chi connectivity index (χ1) is 11.9. The maximum atomic E-state index is 12.3. The van der Waals surface area contributed by atoms with Crippen LogP contribution in [0.25, 0.3) is 0 Å². The fourth-order valence-corrected chi connectivity index (χ4v) is 2.98. The van der Waals surface area contributed by atoms with E-state index in [1.54, 1.807) is 26.0 Å². The minimum Gasteiger partial charge on any atom is -0.462 e. The maximum Gasteiger partial charge on any atom is 0.339 e. The van der Waals surface area contributed by atoms with E-state index in [4.69, 9.17) is 21.1 Å². The molecule has 0 saturated heterocycles. The van der Waals surface area contributed by atoms with Crippen molar-refractivity contribution in [3.8, 4) is 0 Å². The molecule has 0 saturated carbocycles. The third kappa shape index (κ3) is 4.04. The van der Waals surface area contributed by atoms with E-state index in [1.807, 2.05) is 18.7 Å². The molecule has 5 nitrogen and oxygen atoms in total. The van der Waals surface area contributed by atoms with Crippen LogP contribution in [-0.2, 0) is 9.47 Å². The van der Waals surface area contributed by atoms with E-state index in [0.717, 1.165) is 17.8 Å². The second-order valence-electron chi connectivity index (χ2n) is 5.56. The summed E-state index contributed by atoms with van der Waals surface area (Å²) in [5.41, 5.74) is 2.97. The van der Waals surface area contributed by atoms with Gasteiger partial charge in [0.05, 0.1) is 29.4 Å². The summed E-state index contributed by atoms with van der Waals surface area (Å²) in [5, 5.41) is 0.0425. The molecule has 1 aliphatic rings. The van der Waals surface area contributed by atoms with Gasteiger partial charge < -0.3 is 14.4 Å². The predicted octanol–water partition coefficient (Wildman–Crippen LogP) is 4.71. The van der Waals surface area contributed by atoms with Gasteiger partial charge in [0.25, 0.3) is 0 Å². The molecule has 0 N–H and O–H groups in total. The highest BCUT2D eigenvalue weighted by molar-refractivity contribution is 6.36. The van der Waals surface area contributed by atoms with Crippen molar-refractivity contribution in [3.63, 3.8) is 0 Å². The summed E-state index contributed by atoms with van der Waals surface area (Å²) >= 11 is 6.30. The van der Waals surface area contributed by atoms with Gasteiger partial charge in [0.2, 0.25) is 0 Å². The molecule has 0 amide bonds. The number of hydrogen-bond donors (Lipinski definition) is 0. The van der Waals surface area contributed by atoms with Crippen molar-refractivity contribution in [2.75, 3.05) is 18.1 Å². The van der Waals surface area contributed by atoms with Crippen molar-refractivity contribution in [1.82, 2.24) is 0 Å². The van der Waals surface area contributed by atoms with E-state index in [-0.39, 0.29) is 29.4 Å². The number of carbonyl (C=O) groups is 2. The minimum absolute atomic E-state index is 0.0425. The molecule has 0 spiro atoms. The predicted molar refractivity (Wildman–Crippen MR) is 98.0 cm³/mol. The lowest BCUT2D eigenvalue weighted by molar-refractivity contribution is 0.0526. The van der Waals surface area contributed by atoms with Crippen LogP contribution in [0.15, 0.2) is 35.7 Å². The molecular formula is C19H22ClNO4. The molecular weight excluding hydrogens is 342 g/mol. The second kappa shape index (κ2) is 8.21. The second-order valence-corrected chi connectivity index (χ2v) is 5.94. The third-order valence-electron chi connectivity index (χ3n) is 3.84. The Morgan fingerprint density at radius 3 is 1.84 bits per heavy atom. The van der Waals surface area contributed by atoms with E-state index in [1.165, 1.54) is 0 Å². The molecule has 1 heterocycles. The quantitative estimate of drug-likeness (QED) is 0.709. The largest absolute Gasteiger partial charge is 0.462 e. The molecule has 1 aliphatic heterocycles. The van der Waals surface area contributed by atoms with E-state index in [2.05, 4.69) is 12.2 Å². The lowest BCUT2D eigenvalue weighted by atomic mass is 10.1. The van der Waals surface area contributed by atoms with Crippen LogP contribution in [0.3, 0.4) is 0 Å². The van der Waals surface area contributed by atoms with Crippen LogP contribution in [-0.4, -0.2) is 25.2 Å². The van der Waals surface area contributed by atoms with E-state index in [0.29, 0.717) is 5.69 Å². The Bertz CT molecular complexity index is 695. The first kappa shape index (κ1) is 19.1. The van der Waals surface area contributed by atoms with Crippen LogP contribution >= 0.6 is 11.6 Å². The molecule has 0 aliphatic carbocycles. The number of hydrogen-bond acceptors (Lipinski definition) is 5. The van der Waals surface area contributed by atoms with Gasteiger partial charge in [-0.25, -0.2) is 9.59 Å². The Morgan fingerprint density at radius 1 is 1.00 bits per heavy atom. The minimum atomic E-state index is -0.569. The molecule has 1 aromatic rings. The number of carbonyl (C=O) groups excluding carboxylic acids is 2. The van der Waals surface area contributed by atoms with Gasteiger partial charge in [0, 0.05) is 17.1 Å². The van der Waals surface area contributed by atoms with Crippen molar-refractivity contribution in [2.24, 2.45) is 0 Å². The van der Waals surface area contributed by atoms with Crippen molar-refractivity contribution in [1.29, 1.82) is 0 Å². The van der Waals surface area contributed by atoms with E-state index < -0.39 is 11.9 Å². The molecule has 134 valence electrons. The SMILES string of the molecule is CCOC(=O)c1cc(N2C(C)=CCC=C2C)cc(C(=O)OCC)c1Cl. The summed E-state index contributed by atoms with van der Waals surface area (Å²) in [7, 11) is 0. The zero-order valence-electron chi connectivity index (χ0n) is 14.9. The van der Waals surface area contributed by atoms with Gasteiger partial charge in [0.1, 0.15) is 0 Å². The summed E-state index contributed by atoms with van der Waals surface area (Å²) in [5.74, 6) is -1.14. The number of nitrogens with zero attached hydrogens (tertiary/aromatic N) is 1. The maximum absolute atomic E-state index is 12.3. The number of halogens is 1. The Kier molecular flexibility index (Phi) is 6.26. The molecule has 25 heavy (non-hydrogen) atoms. The topological polar surface area (TPSA) is 55.8 Å². The van der Waals surface area contributed by atoms with Crippen molar-refractivity contribution >= 4 is 29.2 Å². The van der Waals surface area contributed by atoms with Crippen molar-refractivity contribution < 1.29 is 19.1 Å². The van der Waals surface area contributed by atoms with Gasteiger partial charge in [-0.1, -0.05) is 23.8 Å². The van der Waals surface area contributed by atoms with Crippen molar-refractivity contribution in [2.45, 2.75) is 34.1 Å². The van der Waals surface area contributed by atoms with Crippen LogP contribution in [0.4, 0.5) is 5.69 Å². The molecule has 0 unspecified atom stereocenters. The Morgan fingerprint density at radius 2 is 1.44 bits per heavy atom. The molecule has 0 bridgehead atoms. The van der Waals surface area contributed by atoms with Gasteiger partial charge in [-0.3, -0.25) is 0 Å². The molecule has 2 rings (SSSR count). The highest BCUT2D eigenvalue weighted by atomic mass is 35.5. The highest BCUT2D eigenvalue weighted by Gasteiger charge is 2.24. The highest BCUT2D eigenvalue weighted by Crippen LogP contribution is 2.34. The Balaban J connectivity index is 2.62. The molecule has 6 heteroatoms. The number of benzene rings is 1. The molecule has 0 atom stereocenters. The van der Waals surface area contributed by atoms with Crippen LogP contribution in [0.1, 0.15) is 54.8 Å². The number of anilines is 1. The van der Waals surface area contributed by atoms with Crippen LogP contribution in [0, 0.1) is 0 Å². The van der Waals surface area contributed by atoms with Gasteiger partial charge >= 0.3 is 11.9 Å². The zero-order valence-corrected chi connectivity index (χ0v) is 15.6. The Hall–Kier alpha value is -2.27. The fraction of sp³-hybridized carbons (Fsp3) is 0.368. The monoisotopic (exact) mass is 363 g/mol. The summed E-state index contributed by atoms with van der Waals surface area (Å²) in [6, 6.07) is 3.28. The summed E-state index contributed by atoms with van der Waals surface area (Å²) in [6.45, 7) is 7.81. The molecule has 1 aromatic carbocycles. The Labute approximate surface area is 152 Å². The van der Waals surface area contributed by atoms with Crippen LogP contribution < -0.4 is 4.90 Å². The van der Waals surface area contributed by atoms with Crippen LogP contribution in [0.2, 0.25) is 5.02 Å². The number of rotatable bonds is 5. The summed E-state index contributed by atoms with van der Waals surface area (Å²) in [6.07, 6.45) is 4.97. The van der Waals surface area contributed by atoms with Gasteiger partial charge in [0.15, 0.2) is 0 Å². The van der Waals surface area contributed by atoms with Gasteiger partial charge in [-0.15, -0.1) is 0 Å². The first-order valence-electron chi connectivity index (χ1n) is 8.22. The first-order valence-corrected chi connectivity index (χ1v) is 8.59. The zero-order chi connectivity index (χ0) is 18.6. The van der Waals surface area contributed by atoms with Gasteiger partial charge in [-0.2, -0.15) is 0 Å². The fourth-order valence-electron chi connectivity index (χ4n) is 2.72. The average Bonchev–Trinajstić information content (AvgIpc) is 2.56. The number of esters is 2. The van der Waals surface area contributed by atoms with Gasteiger partial charge in [-0.05, 0) is 46.2 Å².